The molecule has 1 saturated heterocycles. The summed E-state index contributed by atoms with van der Waals surface area (Å²) >= 11 is 6.82. The summed E-state index contributed by atoms with van der Waals surface area (Å²) in [6.45, 7) is 0. The lowest BCUT2D eigenvalue weighted by atomic mass is 9.98. The van der Waals surface area contributed by atoms with Crippen molar-refractivity contribution in [2.75, 3.05) is 0 Å². The highest BCUT2D eigenvalue weighted by Crippen LogP contribution is 2.30. The standard InChI is InChI=1S/C9H7Br2NO/c10-6-2-1-5(3-7(6)11)8-4-9(13)12-8/h1-3,8H,4H2,(H,12,13). The van der Waals surface area contributed by atoms with E-state index in [1.165, 1.54) is 0 Å². The zero-order valence-electron chi connectivity index (χ0n) is 6.68. The Bertz CT molecular complexity index is 357. The zero-order chi connectivity index (χ0) is 9.42. The van der Waals surface area contributed by atoms with Gasteiger partial charge in [-0.1, -0.05) is 6.07 Å². The smallest absolute Gasteiger partial charge is 0.222 e. The Hall–Kier alpha value is -0.350. The Labute approximate surface area is 93.0 Å². The van der Waals surface area contributed by atoms with Crippen molar-refractivity contribution in [2.45, 2.75) is 12.5 Å². The molecule has 4 heteroatoms. The van der Waals surface area contributed by atoms with E-state index >= 15 is 0 Å². The highest BCUT2D eigenvalue weighted by atomic mass is 79.9. The zero-order valence-corrected chi connectivity index (χ0v) is 9.85. The number of carbonyl (C=O) groups is 1. The molecule has 0 spiro atoms. The van der Waals surface area contributed by atoms with Crippen LogP contribution in [0.5, 0.6) is 0 Å². The molecular weight excluding hydrogens is 298 g/mol. The van der Waals surface area contributed by atoms with Crippen molar-refractivity contribution < 1.29 is 4.79 Å². The third kappa shape index (κ3) is 1.79. The van der Waals surface area contributed by atoms with Gasteiger partial charge in [-0.3, -0.25) is 4.79 Å². The van der Waals surface area contributed by atoms with Crippen LogP contribution in [-0.4, -0.2) is 5.91 Å². The van der Waals surface area contributed by atoms with E-state index in [0.29, 0.717) is 6.42 Å². The highest BCUT2D eigenvalue weighted by molar-refractivity contribution is 9.13. The van der Waals surface area contributed by atoms with Gasteiger partial charge in [-0.25, -0.2) is 0 Å². The van der Waals surface area contributed by atoms with Crippen molar-refractivity contribution in [3.05, 3.63) is 32.7 Å². The molecule has 1 fully saturated rings. The Morgan fingerprint density at radius 3 is 2.54 bits per heavy atom. The van der Waals surface area contributed by atoms with Crippen LogP contribution < -0.4 is 5.32 Å². The van der Waals surface area contributed by atoms with Crippen molar-refractivity contribution in [3.8, 4) is 0 Å². The molecule has 1 aliphatic rings. The predicted molar refractivity (Wildman–Crippen MR) is 57.3 cm³/mol. The van der Waals surface area contributed by atoms with Gasteiger partial charge in [0.1, 0.15) is 0 Å². The minimum absolute atomic E-state index is 0.129. The van der Waals surface area contributed by atoms with Gasteiger partial charge in [0, 0.05) is 8.95 Å². The van der Waals surface area contributed by atoms with E-state index in [0.717, 1.165) is 14.5 Å². The summed E-state index contributed by atoms with van der Waals surface area (Å²) in [6, 6.07) is 6.22. The molecule has 0 aromatic heterocycles. The fraction of sp³-hybridized carbons (Fsp3) is 0.222. The van der Waals surface area contributed by atoms with E-state index in [4.69, 9.17) is 0 Å². The van der Waals surface area contributed by atoms with Crippen LogP contribution in [0.15, 0.2) is 27.1 Å². The van der Waals surface area contributed by atoms with Crippen LogP contribution in [0.3, 0.4) is 0 Å². The first-order valence-electron chi connectivity index (χ1n) is 3.91. The van der Waals surface area contributed by atoms with Crippen LogP contribution in [0.1, 0.15) is 18.0 Å². The Kier molecular flexibility index (Phi) is 2.43. The molecular formula is C9H7Br2NO. The fourth-order valence-corrected chi connectivity index (χ4v) is 1.93. The molecule has 1 atom stereocenters. The first-order valence-corrected chi connectivity index (χ1v) is 5.50. The minimum atomic E-state index is 0.129. The molecule has 1 heterocycles. The maximum absolute atomic E-state index is 10.7. The number of amides is 1. The molecule has 68 valence electrons. The topological polar surface area (TPSA) is 29.1 Å². The lowest BCUT2D eigenvalue weighted by Gasteiger charge is -2.27. The van der Waals surface area contributed by atoms with Crippen LogP contribution in [-0.2, 0) is 4.79 Å². The van der Waals surface area contributed by atoms with Gasteiger partial charge in [0.05, 0.1) is 12.5 Å². The second-order valence-electron chi connectivity index (χ2n) is 3.00. The van der Waals surface area contributed by atoms with E-state index in [1.54, 1.807) is 0 Å². The van der Waals surface area contributed by atoms with Crippen LogP contribution in [0.4, 0.5) is 0 Å². The Morgan fingerprint density at radius 1 is 1.31 bits per heavy atom. The van der Waals surface area contributed by atoms with Crippen LogP contribution in [0, 0.1) is 0 Å². The predicted octanol–water partition coefficient (Wildman–Crippen LogP) is 2.77. The second-order valence-corrected chi connectivity index (χ2v) is 4.71. The molecule has 1 unspecified atom stereocenters. The Morgan fingerprint density at radius 2 is 2.00 bits per heavy atom. The molecule has 0 aliphatic carbocycles. The van der Waals surface area contributed by atoms with Crippen molar-refractivity contribution in [1.82, 2.24) is 5.32 Å². The monoisotopic (exact) mass is 303 g/mol. The third-order valence-electron chi connectivity index (χ3n) is 2.07. The lowest BCUT2D eigenvalue weighted by molar-refractivity contribution is -0.128. The first kappa shape index (κ1) is 9.21. The summed E-state index contributed by atoms with van der Waals surface area (Å²) in [6.07, 6.45) is 0.605. The number of rotatable bonds is 1. The molecule has 13 heavy (non-hydrogen) atoms. The van der Waals surface area contributed by atoms with E-state index in [1.807, 2.05) is 18.2 Å². The first-order chi connectivity index (χ1) is 6.16. The van der Waals surface area contributed by atoms with Gasteiger partial charge in [-0.2, -0.15) is 0 Å². The number of hydrogen-bond donors (Lipinski definition) is 1. The lowest BCUT2D eigenvalue weighted by Crippen LogP contribution is -2.41. The molecule has 0 bridgehead atoms. The van der Waals surface area contributed by atoms with Gasteiger partial charge in [0.25, 0.3) is 0 Å². The summed E-state index contributed by atoms with van der Waals surface area (Å²) in [7, 11) is 0. The molecule has 1 aromatic rings. The van der Waals surface area contributed by atoms with Gasteiger partial charge >= 0.3 is 0 Å². The number of β-lactam (4-membered cyclic amide) rings is 1. The number of carbonyl (C=O) groups excluding carboxylic acids is 1. The van der Waals surface area contributed by atoms with E-state index in [2.05, 4.69) is 37.2 Å². The number of benzene rings is 1. The number of nitrogens with one attached hydrogen (secondary N) is 1. The molecule has 2 rings (SSSR count). The van der Waals surface area contributed by atoms with E-state index in [-0.39, 0.29) is 11.9 Å². The van der Waals surface area contributed by atoms with E-state index < -0.39 is 0 Å². The molecule has 1 N–H and O–H groups in total. The summed E-state index contributed by atoms with van der Waals surface area (Å²) in [5.41, 5.74) is 1.15. The van der Waals surface area contributed by atoms with Crippen LogP contribution in [0.25, 0.3) is 0 Å². The maximum Gasteiger partial charge on any atom is 0.222 e. The van der Waals surface area contributed by atoms with Gasteiger partial charge in [-0.15, -0.1) is 0 Å². The van der Waals surface area contributed by atoms with Crippen molar-refractivity contribution in [1.29, 1.82) is 0 Å². The van der Waals surface area contributed by atoms with Gasteiger partial charge < -0.3 is 5.32 Å². The molecule has 2 nitrogen and oxygen atoms in total. The molecule has 1 amide bonds. The average molecular weight is 305 g/mol. The Balaban J connectivity index is 2.22. The molecule has 1 aromatic carbocycles. The SMILES string of the molecule is O=C1CC(c2ccc(Br)c(Br)c2)N1. The molecule has 1 aliphatic heterocycles. The van der Waals surface area contributed by atoms with Gasteiger partial charge in [-0.05, 0) is 49.6 Å². The maximum atomic E-state index is 10.7. The third-order valence-corrected chi connectivity index (χ3v) is 3.95. The minimum Gasteiger partial charge on any atom is -0.349 e. The van der Waals surface area contributed by atoms with Gasteiger partial charge in [0.2, 0.25) is 5.91 Å². The van der Waals surface area contributed by atoms with Crippen LogP contribution in [0.2, 0.25) is 0 Å². The largest absolute Gasteiger partial charge is 0.349 e. The highest BCUT2D eigenvalue weighted by Gasteiger charge is 2.26. The quantitative estimate of drug-likeness (QED) is 0.794. The van der Waals surface area contributed by atoms with Crippen molar-refractivity contribution in [3.63, 3.8) is 0 Å². The van der Waals surface area contributed by atoms with Crippen molar-refractivity contribution in [2.24, 2.45) is 0 Å². The summed E-state index contributed by atoms with van der Waals surface area (Å²) < 4.78 is 2.05. The summed E-state index contributed by atoms with van der Waals surface area (Å²) in [5, 5.41) is 2.83. The molecule has 0 radical (unpaired) electrons. The van der Waals surface area contributed by atoms with Crippen molar-refractivity contribution >= 4 is 37.8 Å². The van der Waals surface area contributed by atoms with Gasteiger partial charge in [0.15, 0.2) is 0 Å². The fourth-order valence-electron chi connectivity index (χ4n) is 1.29. The summed E-state index contributed by atoms with van der Waals surface area (Å²) in [4.78, 5) is 10.7. The number of hydrogen-bond acceptors (Lipinski definition) is 1. The van der Waals surface area contributed by atoms with Crippen LogP contribution >= 0.6 is 31.9 Å². The molecule has 0 saturated carbocycles. The second kappa shape index (κ2) is 3.42. The summed E-state index contributed by atoms with van der Waals surface area (Å²) in [5.74, 6) is 0.129. The van der Waals surface area contributed by atoms with E-state index in [9.17, 15) is 4.79 Å². The normalized spacial score (nSPS) is 20.8. The average Bonchev–Trinajstić information content (AvgIpc) is 2.05. The number of halogens is 2.